The summed E-state index contributed by atoms with van der Waals surface area (Å²) in [6, 6.07) is 11.3. The molecule has 138 valence electrons. The van der Waals surface area contributed by atoms with Crippen molar-refractivity contribution in [3.63, 3.8) is 0 Å². The van der Waals surface area contributed by atoms with Crippen molar-refractivity contribution < 1.29 is 18.7 Å². The first-order valence-electron chi connectivity index (χ1n) is 8.06. The Hall–Kier alpha value is -3.62. The molecule has 8 nitrogen and oxygen atoms in total. The lowest BCUT2D eigenvalue weighted by Crippen LogP contribution is -2.28. The third-order valence-corrected chi connectivity index (χ3v) is 3.78. The number of rotatable bonds is 6. The van der Waals surface area contributed by atoms with Crippen molar-refractivity contribution in [2.24, 2.45) is 0 Å². The molecule has 0 aliphatic carbocycles. The summed E-state index contributed by atoms with van der Waals surface area (Å²) in [5, 5.41) is 13.4. The van der Waals surface area contributed by atoms with Crippen LogP contribution in [0.5, 0.6) is 0 Å². The van der Waals surface area contributed by atoms with Crippen LogP contribution < -0.4 is 5.32 Å². The summed E-state index contributed by atoms with van der Waals surface area (Å²) in [4.78, 5) is 24.2. The molecule has 0 saturated carbocycles. The summed E-state index contributed by atoms with van der Waals surface area (Å²) in [5.41, 5.74) is 1.79. The Morgan fingerprint density at radius 2 is 2.04 bits per heavy atom. The van der Waals surface area contributed by atoms with Crippen molar-refractivity contribution in [1.29, 1.82) is 0 Å². The number of tetrazole rings is 1. The van der Waals surface area contributed by atoms with E-state index in [1.54, 1.807) is 43.3 Å². The molecule has 27 heavy (non-hydrogen) atoms. The fraction of sp³-hybridized carbons (Fsp3) is 0.167. The third kappa shape index (κ3) is 4.51. The summed E-state index contributed by atoms with van der Waals surface area (Å²) in [5.74, 6) is -1.52. The van der Waals surface area contributed by atoms with Gasteiger partial charge in [0.05, 0.1) is 11.3 Å². The molecule has 0 radical (unpaired) electrons. The zero-order valence-corrected chi connectivity index (χ0v) is 14.4. The smallest absolute Gasteiger partial charge is 0.340 e. The predicted octanol–water partition coefficient (Wildman–Crippen LogP) is 1.58. The number of aryl methyl sites for hydroxylation is 1. The minimum Gasteiger partial charge on any atom is -0.452 e. The van der Waals surface area contributed by atoms with Gasteiger partial charge in [0.2, 0.25) is 0 Å². The number of nitrogens with one attached hydrogen (secondary N) is 1. The SMILES string of the molecule is Cc1ccc(CNC(=O)COC(=O)c2ccccc2-n2cnnn2)cc1F. The average Bonchev–Trinajstić information content (AvgIpc) is 3.21. The highest BCUT2D eigenvalue weighted by Gasteiger charge is 2.16. The molecule has 3 aromatic rings. The van der Waals surface area contributed by atoms with Gasteiger partial charge in [-0.3, -0.25) is 4.79 Å². The largest absolute Gasteiger partial charge is 0.452 e. The van der Waals surface area contributed by atoms with E-state index in [1.165, 1.54) is 17.1 Å². The minimum absolute atomic E-state index is 0.134. The topological polar surface area (TPSA) is 99.0 Å². The number of esters is 1. The molecule has 0 aliphatic heterocycles. The van der Waals surface area contributed by atoms with E-state index >= 15 is 0 Å². The van der Waals surface area contributed by atoms with Gasteiger partial charge in [0.15, 0.2) is 6.61 Å². The van der Waals surface area contributed by atoms with E-state index in [0.717, 1.165) is 0 Å². The molecule has 0 bridgehead atoms. The molecule has 0 unspecified atom stereocenters. The normalized spacial score (nSPS) is 10.4. The maximum atomic E-state index is 13.5. The first kappa shape index (κ1) is 18.2. The lowest BCUT2D eigenvalue weighted by molar-refractivity contribution is -0.124. The van der Waals surface area contributed by atoms with Gasteiger partial charge >= 0.3 is 5.97 Å². The quantitative estimate of drug-likeness (QED) is 0.663. The van der Waals surface area contributed by atoms with E-state index in [1.807, 2.05) is 0 Å². The Morgan fingerprint density at radius 1 is 1.22 bits per heavy atom. The Bertz CT molecular complexity index is 959. The van der Waals surface area contributed by atoms with Crippen molar-refractivity contribution in [2.45, 2.75) is 13.5 Å². The second kappa shape index (κ2) is 8.17. The molecule has 1 heterocycles. The van der Waals surface area contributed by atoms with Gasteiger partial charge in [-0.25, -0.2) is 9.18 Å². The number of para-hydroxylation sites is 1. The van der Waals surface area contributed by atoms with Gasteiger partial charge in [-0.05, 0) is 46.7 Å². The number of nitrogens with zero attached hydrogens (tertiary/aromatic N) is 4. The minimum atomic E-state index is -0.683. The number of amides is 1. The molecule has 0 spiro atoms. The van der Waals surface area contributed by atoms with Crippen molar-refractivity contribution in [2.75, 3.05) is 6.61 Å². The molecule has 0 aliphatic rings. The van der Waals surface area contributed by atoms with Gasteiger partial charge in [0, 0.05) is 6.54 Å². The Kier molecular flexibility index (Phi) is 5.50. The Morgan fingerprint density at radius 3 is 2.78 bits per heavy atom. The molecule has 9 heteroatoms. The highest BCUT2D eigenvalue weighted by molar-refractivity contribution is 5.94. The van der Waals surface area contributed by atoms with Crippen LogP contribution in [0.3, 0.4) is 0 Å². The first-order valence-corrected chi connectivity index (χ1v) is 8.06. The van der Waals surface area contributed by atoms with Crippen molar-refractivity contribution >= 4 is 11.9 Å². The van der Waals surface area contributed by atoms with E-state index in [9.17, 15) is 14.0 Å². The second-order valence-electron chi connectivity index (χ2n) is 5.71. The molecule has 1 aromatic heterocycles. The average molecular weight is 369 g/mol. The second-order valence-corrected chi connectivity index (χ2v) is 5.71. The van der Waals surface area contributed by atoms with Crippen LogP contribution in [0.4, 0.5) is 4.39 Å². The third-order valence-electron chi connectivity index (χ3n) is 3.78. The summed E-state index contributed by atoms with van der Waals surface area (Å²) in [7, 11) is 0. The maximum Gasteiger partial charge on any atom is 0.340 e. The number of carbonyl (C=O) groups is 2. The lowest BCUT2D eigenvalue weighted by atomic mass is 10.1. The van der Waals surface area contributed by atoms with Crippen molar-refractivity contribution in [3.05, 3.63) is 71.3 Å². The van der Waals surface area contributed by atoms with Crippen LogP contribution in [0.1, 0.15) is 21.5 Å². The zero-order chi connectivity index (χ0) is 19.2. The van der Waals surface area contributed by atoms with Gasteiger partial charge in [-0.2, -0.15) is 4.68 Å². The van der Waals surface area contributed by atoms with Gasteiger partial charge in [-0.1, -0.05) is 24.3 Å². The number of hydrogen-bond donors (Lipinski definition) is 1. The summed E-state index contributed by atoms with van der Waals surface area (Å²) < 4.78 is 19.9. The fourth-order valence-corrected chi connectivity index (χ4v) is 2.32. The van der Waals surface area contributed by atoms with E-state index in [4.69, 9.17) is 4.74 Å². The molecule has 2 aromatic carbocycles. The van der Waals surface area contributed by atoms with Crippen LogP contribution in [0, 0.1) is 12.7 Å². The molecule has 0 saturated heterocycles. The van der Waals surface area contributed by atoms with Crippen LogP contribution >= 0.6 is 0 Å². The summed E-state index contributed by atoms with van der Waals surface area (Å²) in [6.45, 7) is 1.33. The Balaban J connectivity index is 1.56. The van der Waals surface area contributed by atoms with Crippen LogP contribution in [-0.2, 0) is 16.1 Å². The van der Waals surface area contributed by atoms with Gasteiger partial charge in [0.1, 0.15) is 12.1 Å². The number of ether oxygens (including phenoxy) is 1. The molecule has 1 amide bonds. The standard InChI is InChI=1S/C18H16FN5O3/c1-12-6-7-13(8-15(12)19)9-20-17(25)10-27-18(26)14-4-2-3-5-16(14)24-11-21-22-23-24/h2-8,11H,9-10H2,1H3,(H,20,25). The summed E-state index contributed by atoms with van der Waals surface area (Å²) >= 11 is 0. The summed E-state index contributed by atoms with van der Waals surface area (Å²) in [6.07, 6.45) is 1.35. The fourth-order valence-electron chi connectivity index (χ4n) is 2.32. The first-order chi connectivity index (χ1) is 13.0. The predicted molar refractivity (Wildman–Crippen MR) is 92.4 cm³/mol. The maximum absolute atomic E-state index is 13.5. The van der Waals surface area contributed by atoms with Crippen LogP contribution in [0.25, 0.3) is 5.69 Å². The molecule has 3 rings (SSSR count). The van der Waals surface area contributed by atoms with E-state index in [2.05, 4.69) is 20.8 Å². The highest BCUT2D eigenvalue weighted by Crippen LogP contribution is 2.14. The molecular formula is C18H16FN5O3. The van der Waals surface area contributed by atoms with Crippen LogP contribution in [0.2, 0.25) is 0 Å². The molecular weight excluding hydrogens is 353 g/mol. The van der Waals surface area contributed by atoms with Gasteiger partial charge in [-0.15, -0.1) is 5.10 Å². The van der Waals surface area contributed by atoms with Gasteiger partial charge < -0.3 is 10.1 Å². The monoisotopic (exact) mass is 369 g/mol. The van der Waals surface area contributed by atoms with Crippen LogP contribution in [0.15, 0.2) is 48.8 Å². The highest BCUT2D eigenvalue weighted by atomic mass is 19.1. The molecule has 0 fully saturated rings. The van der Waals surface area contributed by atoms with Crippen molar-refractivity contribution in [1.82, 2.24) is 25.5 Å². The molecule has 1 N–H and O–H groups in total. The van der Waals surface area contributed by atoms with E-state index in [0.29, 0.717) is 16.8 Å². The zero-order valence-electron chi connectivity index (χ0n) is 14.4. The van der Waals surface area contributed by atoms with E-state index in [-0.39, 0.29) is 17.9 Å². The van der Waals surface area contributed by atoms with Crippen LogP contribution in [-0.4, -0.2) is 38.7 Å². The van der Waals surface area contributed by atoms with Crippen molar-refractivity contribution in [3.8, 4) is 5.69 Å². The number of hydrogen-bond acceptors (Lipinski definition) is 6. The number of aromatic nitrogens is 4. The molecule has 0 atom stereocenters. The Labute approximate surface area is 154 Å². The number of carbonyl (C=O) groups excluding carboxylic acids is 2. The van der Waals surface area contributed by atoms with Gasteiger partial charge in [0.25, 0.3) is 5.91 Å². The lowest BCUT2D eigenvalue weighted by Gasteiger charge is -2.09. The number of halogens is 1. The number of benzene rings is 2. The van der Waals surface area contributed by atoms with E-state index < -0.39 is 18.5 Å².